The SMILES string of the molecule is Cc1nnc2n1CCC(NC(=O)CCCc1c[nH]c3ccccc13)CC2. The van der Waals surface area contributed by atoms with E-state index in [-0.39, 0.29) is 11.9 Å². The summed E-state index contributed by atoms with van der Waals surface area (Å²) in [6, 6.07) is 8.54. The van der Waals surface area contributed by atoms with Crippen LogP contribution in [0, 0.1) is 6.92 Å². The minimum absolute atomic E-state index is 0.157. The Morgan fingerprint density at radius 1 is 1.31 bits per heavy atom. The maximum atomic E-state index is 12.3. The molecule has 6 heteroatoms. The van der Waals surface area contributed by atoms with E-state index in [2.05, 4.69) is 49.5 Å². The van der Waals surface area contributed by atoms with Gasteiger partial charge in [-0.15, -0.1) is 10.2 Å². The van der Waals surface area contributed by atoms with Gasteiger partial charge >= 0.3 is 0 Å². The molecule has 0 saturated heterocycles. The molecule has 3 aromatic rings. The van der Waals surface area contributed by atoms with Gasteiger partial charge in [-0.25, -0.2) is 0 Å². The Bertz CT molecular complexity index is 910. The number of H-pyrrole nitrogens is 1. The average molecular weight is 351 g/mol. The first-order valence-corrected chi connectivity index (χ1v) is 9.44. The number of aryl methyl sites for hydroxylation is 3. The number of hydrogen-bond donors (Lipinski definition) is 2. The fourth-order valence-electron chi connectivity index (χ4n) is 3.86. The highest BCUT2D eigenvalue weighted by Crippen LogP contribution is 2.20. The Hall–Kier alpha value is -2.63. The van der Waals surface area contributed by atoms with Gasteiger partial charge in [0.25, 0.3) is 0 Å². The van der Waals surface area contributed by atoms with Crippen molar-refractivity contribution in [2.75, 3.05) is 0 Å². The number of aromatic nitrogens is 4. The fourth-order valence-corrected chi connectivity index (χ4v) is 3.86. The lowest BCUT2D eigenvalue weighted by Crippen LogP contribution is -2.35. The second-order valence-corrected chi connectivity index (χ2v) is 7.12. The van der Waals surface area contributed by atoms with Gasteiger partial charge in [-0.1, -0.05) is 18.2 Å². The van der Waals surface area contributed by atoms with E-state index >= 15 is 0 Å². The quantitative estimate of drug-likeness (QED) is 0.742. The van der Waals surface area contributed by atoms with Gasteiger partial charge in [-0.3, -0.25) is 4.79 Å². The van der Waals surface area contributed by atoms with Crippen molar-refractivity contribution >= 4 is 16.8 Å². The molecule has 1 aromatic carbocycles. The molecule has 1 amide bonds. The average Bonchev–Trinajstić information content (AvgIpc) is 3.14. The van der Waals surface area contributed by atoms with Crippen LogP contribution in [0.15, 0.2) is 30.5 Å². The molecule has 0 aliphatic carbocycles. The highest BCUT2D eigenvalue weighted by Gasteiger charge is 2.20. The van der Waals surface area contributed by atoms with Crippen molar-refractivity contribution in [2.24, 2.45) is 0 Å². The van der Waals surface area contributed by atoms with Gasteiger partial charge in [0.05, 0.1) is 0 Å². The van der Waals surface area contributed by atoms with Gasteiger partial charge < -0.3 is 14.9 Å². The molecular formula is C20H25N5O. The van der Waals surface area contributed by atoms with Gasteiger partial charge in [-0.2, -0.15) is 0 Å². The third-order valence-corrected chi connectivity index (χ3v) is 5.32. The lowest BCUT2D eigenvalue weighted by atomic mass is 10.1. The molecule has 26 heavy (non-hydrogen) atoms. The third kappa shape index (κ3) is 3.49. The number of rotatable bonds is 5. The number of carbonyl (C=O) groups excluding carboxylic acids is 1. The van der Waals surface area contributed by atoms with Crippen LogP contribution < -0.4 is 5.32 Å². The lowest BCUT2D eigenvalue weighted by molar-refractivity contribution is -0.122. The van der Waals surface area contributed by atoms with Crippen molar-refractivity contribution in [1.82, 2.24) is 25.1 Å². The van der Waals surface area contributed by atoms with Gasteiger partial charge in [-0.05, 0) is 44.2 Å². The first-order valence-electron chi connectivity index (χ1n) is 9.44. The predicted molar refractivity (Wildman–Crippen MR) is 101 cm³/mol. The first kappa shape index (κ1) is 16.8. The normalized spacial score (nSPS) is 17.0. The monoisotopic (exact) mass is 351 g/mol. The summed E-state index contributed by atoms with van der Waals surface area (Å²) in [7, 11) is 0. The molecule has 136 valence electrons. The van der Waals surface area contributed by atoms with Crippen LogP contribution in [0.3, 0.4) is 0 Å². The maximum Gasteiger partial charge on any atom is 0.220 e. The number of carbonyl (C=O) groups is 1. The minimum atomic E-state index is 0.157. The molecule has 1 atom stereocenters. The van der Waals surface area contributed by atoms with Crippen molar-refractivity contribution < 1.29 is 4.79 Å². The molecule has 0 saturated carbocycles. The fraction of sp³-hybridized carbons (Fsp3) is 0.450. The summed E-state index contributed by atoms with van der Waals surface area (Å²) in [5.74, 6) is 2.16. The molecular weight excluding hydrogens is 326 g/mol. The molecule has 3 heterocycles. The summed E-state index contributed by atoms with van der Waals surface area (Å²) < 4.78 is 2.17. The van der Waals surface area contributed by atoms with Crippen LogP contribution in [0.4, 0.5) is 0 Å². The van der Waals surface area contributed by atoms with E-state index in [4.69, 9.17) is 0 Å². The van der Waals surface area contributed by atoms with E-state index in [1.807, 2.05) is 13.0 Å². The molecule has 2 aromatic heterocycles. The van der Waals surface area contributed by atoms with Gasteiger partial charge in [0.2, 0.25) is 5.91 Å². The Morgan fingerprint density at radius 2 is 2.19 bits per heavy atom. The minimum Gasteiger partial charge on any atom is -0.361 e. The zero-order valence-corrected chi connectivity index (χ0v) is 15.2. The number of aromatic amines is 1. The second kappa shape index (κ2) is 7.32. The number of para-hydroxylation sites is 1. The zero-order valence-electron chi connectivity index (χ0n) is 15.2. The summed E-state index contributed by atoms with van der Waals surface area (Å²) in [5.41, 5.74) is 2.45. The third-order valence-electron chi connectivity index (χ3n) is 5.32. The van der Waals surface area contributed by atoms with Crippen molar-refractivity contribution in [2.45, 2.75) is 58.0 Å². The molecule has 4 rings (SSSR count). The molecule has 0 spiro atoms. The summed E-state index contributed by atoms with van der Waals surface area (Å²) >= 11 is 0. The summed E-state index contributed by atoms with van der Waals surface area (Å²) in [6.45, 7) is 2.87. The van der Waals surface area contributed by atoms with E-state index in [9.17, 15) is 4.79 Å². The molecule has 0 radical (unpaired) electrons. The highest BCUT2D eigenvalue weighted by molar-refractivity contribution is 5.83. The van der Waals surface area contributed by atoms with Gasteiger partial charge in [0, 0.05) is 42.5 Å². The van der Waals surface area contributed by atoms with Crippen LogP contribution in [0.25, 0.3) is 10.9 Å². The Labute approximate surface area is 153 Å². The molecule has 6 nitrogen and oxygen atoms in total. The van der Waals surface area contributed by atoms with Gasteiger partial charge in [0.15, 0.2) is 0 Å². The summed E-state index contributed by atoms with van der Waals surface area (Å²) in [5, 5.41) is 12.8. The van der Waals surface area contributed by atoms with Crippen LogP contribution in [0.5, 0.6) is 0 Å². The van der Waals surface area contributed by atoms with E-state index < -0.39 is 0 Å². The smallest absolute Gasteiger partial charge is 0.220 e. The van der Waals surface area contributed by atoms with Crippen molar-refractivity contribution in [1.29, 1.82) is 0 Å². The van der Waals surface area contributed by atoms with Crippen LogP contribution in [0.1, 0.15) is 42.9 Å². The number of nitrogens with zero attached hydrogens (tertiary/aromatic N) is 3. The number of fused-ring (bicyclic) bond motifs is 2. The zero-order chi connectivity index (χ0) is 17.9. The van der Waals surface area contributed by atoms with Crippen molar-refractivity contribution in [3.8, 4) is 0 Å². The van der Waals surface area contributed by atoms with E-state index in [1.165, 1.54) is 10.9 Å². The molecule has 0 fully saturated rings. The number of benzene rings is 1. The standard InChI is InChI=1S/C20H25N5O/c1-14-23-24-19-10-9-16(11-12-25(14)19)22-20(26)8-4-5-15-13-21-18-7-3-2-6-17(15)18/h2-3,6-7,13,16,21H,4-5,8-12H2,1H3,(H,22,26). The second-order valence-electron chi connectivity index (χ2n) is 7.12. The van der Waals surface area contributed by atoms with E-state index in [0.29, 0.717) is 6.42 Å². The maximum absolute atomic E-state index is 12.3. The van der Waals surface area contributed by atoms with Crippen LogP contribution >= 0.6 is 0 Å². The lowest BCUT2D eigenvalue weighted by Gasteiger charge is -2.16. The number of amides is 1. The number of hydrogen-bond acceptors (Lipinski definition) is 3. The highest BCUT2D eigenvalue weighted by atomic mass is 16.1. The first-order chi connectivity index (χ1) is 12.7. The van der Waals surface area contributed by atoms with Crippen LogP contribution in [0.2, 0.25) is 0 Å². The Morgan fingerprint density at radius 3 is 3.12 bits per heavy atom. The van der Waals surface area contributed by atoms with Gasteiger partial charge in [0.1, 0.15) is 11.6 Å². The van der Waals surface area contributed by atoms with Crippen LogP contribution in [-0.4, -0.2) is 31.7 Å². The number of nitrogens with one attached hydrogen (secondary N) is 2. The molecule has 0 bridgehead atoms. The molecule has 1 aliphatic heterocycles. The molecule has 1 aliphatic rings. The predicted octanol–water partition coefficient (Wildman–Crippen LogP) is 2.91. The summed E-state index contributed by atoms with van der Waals surface area (Å²) in [4.78, 5) is 15.6. The van der Waals surface area contributed by atoms with Crippen molar-refractivity contribution in [3.63, 3.8) is 0 Å². The van der Waals surface area contributed by atoms with Crippen molar-refractivity contribution in [3.05, 3.63) is 47.7 Å². The Balaban J connectivity index is 1.25. The molecule has 2 N–H and O–H groups in total. The van der Waals surface area contributed by atoms with Crippen LogP contribution in [-0.2, 0) is 24.2 Å². The largest absolute Gasteiger partial charge is 0.361 e. The van der Waals surface area contributed by atoms with E-state index in [1.54, 1.807) is 0 Å². The van der Waals surface area contributed by atoms with E-state index in [0.717, 1.165) is 55.8 Å². The topological polar surface area (TPSA) is 75.6 Å². The Kier molecular flexibility index (Phi) is 4.73. The molecule has 1 unspecified atom stereocenters. The summed E-state index contributed by atoms with van der Waals surface area (Å²) in [6.07, 6.45) is 7.17.